The lowest BCUT2D eigenvalue weighted by Gasteiger charge is -2.38. The summed E-state index contributed by atoms with van der Waals surface area (Å²) in [5.74, 6) is 0. The molecule has 1 aromatic carbocycles. The molecular formula is C16H24N2O. The Labute approximate surface area is 115 Å². The van der Waals surface area contributed by atoms with E-state index in [0.29, 0.717) is 6.04 Å². The fourth-order valence-electron chi connectivity index (χ4n) is 3.40. The highest BCUT2D eigenvalue weighted by Gasteiger charge is 2.35. The van der Waals surface area contributed by atoms with Crippen molar-refractivity contribution in [2.24, 2.45) is 5.73 Å². The Hall–Kier alpha value is -0.900. The highest BCUT2D eigenvalue weighted by atomic mass is 16.5. The number of ether oxygens (including phenoxy) is 1. The molecule has 104 valence electrons. The standard InChI is InChI=1S/C16H24N2O/c1-11-5-3-7-14(12(11)2)16(17)15-9-18-8-4-6-13(18)10-19-15/h3,5,7,13,15-16H,4,6,8-10,17H2,1-2H3. The van der Waals surface area contributed by atoms with E-state index in [2.05, 4.69) is 36.9 Å². The smallest absolute Gasteiger partial charge is 0.0895 e. The predicted octanol–water partition coefficient (Wildman–Crippen LogP) is 2.17. The molecule has 2 heterocycles. The van der Waals surface area contributed by atoms with Crippen LogP contribution in [-0.2, 0) is 4.74 Å². The monoisotopic (exact) mass is 260 g/mol. The average molecular weight is 260 g/mol. The van der Waals surface area contributed by atoms with Gasteiger partial charge in [-0.05, 0) is 49.9 Å². The van der Waals surface area contributed by atoms with E-state index < -0.39 is 0 Å². The summed E-state index contributed by atoms with van der Waals surface area (Å²) in [5, 5.41) is 0. The number of hydrogen-bond donors (Lipinski definition) is 1. The number of morpholine rings is 1. The van der Waals surface area contributed by atoms with Crippen molar-refractivity contribution in [3.63, 3.8) is 0 Å². The second-order valence-corrected chi connectivity index (χ2v) is 5.98. The second kappa shape index (κ2) is 5.23. The summed E-state index contributed by atoms with van der Waals surface area (Å²) in [5.41, 5.74) is 10.3. The first-order valence-electron chi connectivity index (χ1n) is 7.34. The summed E-state index contributed by atoms with van der Waals surface area (Å²) in [4.78, 5) is 2.55. The van der Waals surface area contributed by atoms with Gasteiger partial charge in [0.05, 0.1) is 18.8 Å². The van der Waals surface area contributed by atoms with Gasteiger partial charge in [-0.25, -0.2) is 0 Å². The molecule has 19 heavy (non-hydrogen) atoms. The van der Waals surface area contributed by atoms with E-state index in [9.17, 15) is 0 Å². The topological polar surface area (TPSA) is 38.5 Å². The number of hydrogen-bond acceptors (Lipinski definition) is 3. The molecule has 0 amide bonds. The van der Waals surface area contributed by atoms with Crippen LogP contribution in [0.1, 0.15) is 35.6 Å². The van der Waals surface area contributed by atoms with E-state index in [4.69, 9.17) is 10.5 Å². The Kier molecular flexibility index (Phi) is 3.61. The minimum atomic E-state index is -0.0125. The van der Waals surface area contributed by atoms with Gasteiger partial charge in [-0.15, -0.1) is 0 Å². The van der Waals surface area contributed by atoms with Gasteiger partial charge in [0.15, 0.2) is 0 Å². The van der Waals surface area contributed by atoms with Gasteiger partial charge in [0.2, 0.25) is 0 Å². The van der Waals surface area contributed by atoms with Crippen molar-refractivity contribution < 1.29 is 4.74 Å². The van der Waals surface area contributed by atoms with Gasteiger partial charge in [0.25, 0.3) is 0 Å². The lowest BCUT2D eigenvalue weighted by Crippen LogP contribution is -2.49. The van der Waals surface area contributed by atoms with Gasteiger partial charge in [-0.3, -0.25) is 4.90 Å². The Morgan fingerprint density at radius 2 is 2.21 bits per heavy atom. The summed E-state index contributed by atoms with van der Waals surface area (Å²) in [6.45, 7) is 7.35. The second-order valence-electron chi connectivity index (χ2n) is 5.98. The van der Waals surface area contributed by atoms with E-state index >= 15 is 0 Å². The number of benzene rings is 1. The molecule has 0 radical (unpaired) electrons. The molecule has 0 saturated carbocycles. The Morgan fingerprint density at radius 1 is 1.37 bits per heavy atom. The summed E-state index contributed by atoms with van der Waals surface area (Å²) < 4.78 is 6.04. The highest BCUT2D eigenvalue weighted by Crippen LogP contribution is 2.29. The minimum Gasteiger partial charge on any atom is -0.373 e. The van der Waals surface area contributed by atoms with Gasteiger partial charge < -0.3 is 10.5 Å². The molecule has 2 saturated heterocycles. The van der Waals surface area contributed by atoms with E-state index in [-0.39, 0.29) is 12.1 Å². The fourth-order valence-corrected chi connectivity index (χ4v) is 3.40. The number of nitrogens with zero attached hydrogens (tertiary/aromatic N) is 1. The molecule has 0 aromatic heterocycles. The summed E-state index contributed by atoms with van der Waals surface area (Å²) in [7, 11) is 0. The Bertz CT molecular complexity index is 460. The normalized spacial score (nSPS) is 29.2. The van der Waals surface area contributed by atoms with Crippen molar-refractivity contribution >= 4 is 0 Å². The molecule has 2 N–H and O–H groups in total. The van der Waals surface area contributed by atoms with Crippen molar-refractivity contribution in [2.75, 3.05) is 19.7 Å². The highest BCUT2D eigenvalue weighted by molar-refractivity contribution is 5.35. The molecule has 0 bridgehead atoms. The number of fused-ring (bicyclic) bond motifs is 1. The molecule has 3 nitrogen and oxygen atoms in total. The van der Waals surface area contributed by atoms with Crippen molar-refractivity contribution in [1.29, 1.82) is 0 Å². The maximum Gasteiger partial charge on any atom is 0.0895 e. The van der Waals surface area contributed by atoms with Gasteiger partial charge in [0, 0.05) is 12.6 Å². The van der Waals surface area contributed by atoms with Crippen LogP contribution in [0.25, 0.3) is 0 Å². The van der Waals surface area contributed by atoms with Gasteiger partial charge in [-0.2, -0.15) is 0 Å². The summed E-state index contributed by atoms with van der Waals surface area (Å²) in [6, 6.07) is 7.01. The van der Waals surface area contributed by atoms with Crippen molar-refractivity contribution in [3.8, 4) is 0 Å². The van der Waals surface area contributed by atoms with Gasteiger partial charge in [0.1, 0.15) is 0 Å². The van der Waals surface area contributed by atoms with Crippen LogP contribution in [0.15, 0.2) is 18.2 Å². The molecule has 2 aliphatic rings. The maximum atomic E-state index is 6.47. The fraction of sp³-hybridized carbons (Fsp3) is 0.625. The number of nitrogens with two attached hydrogens (primary N) is 1. The Morgan fingerprint density at radius 3 is 3.05 bits per heavy atom. The zero-order valence-corrected chi connectivity index (χ0v) is 11.9. The molecule has 2 fully saturated rings. The molecule has 3 unspecified atom stereocenters. The van der Waals surface area contributed by atoms with Gasteiger partial charge in [-0.1, -0.05) is 18.2 Å². The summed E-state index contributed by atoms with van der Waals surface area (Å²) in [6.07, 6.45) is 2.72. The number of aryl methyl sites for hydroxylation is 1. The first-order valence-corrected chi connectivity index (χ1v) is 7.34. The Balaban J connectivity index is 1.76. The van der Waals surface area contributed by atoms with Crippen molar-refractivity contribution in [2.45, 2.75) is 44.9 Å². The third kappa shape index (κ3) is 2.42. The average Bonchev–Trinajstić information content (AvgIpc) is 2.88. The van der Waals surface area contributed by atoms with Gasteiger partial charge >= 0.3 is 0 Å². The molecule has 2 aliphatic heterocycles. The summed E-state index contributed by atoms with van der Waals surface area (Å²) >= 11 is 0. The van der Waals surface area contributed by atoms with E-state index in [0.717, 1.165) is 13.2 Å². The molecule has 3 atom stereocenters. The van der Waals surface area contributed by atoms with Crippen LogP contribution in [0.3, 0.4) is 0 Å². The zero-order valence-electron chi connectivity index (χ0n) is 11.9. The van der Waals surface area contributed by atoms with Crippen LogP contribution in [0.4, 0.5) is 0 Å². The van der Waals surface area contributed by atoms with E-state index in [1.807, 2.05) is 0 Å². The van der Waals surface area contributed by atoms with Crippen LogP contribution in [0.2, 0.25) is 0 Å². The van der Waals surface area contributed by atoms with Crippen molar-refractivity contribution in [3.05, 3.63) is 34.9 Å². The molecule has 0 spiro atoms. The molecule has 3 heteroatoms. The van der Waals surface area contributed by atoms with E-state index in [1.54, 1.807) is 0 Å². The molecule has 1 aromatic rings. The SMILES string of the molecule is Cc1cccc(C(N)C2CN3CCCC3CO2)c1C. The lowest BCUT2D eigenvalue weighted by molar-refractivity contribution is -0.0597. The molecular weight excluding hydrogens is 236 g/mol. The quantitative estimate of drug-likeness (QED) is 0.885. The van der Waals surface area contributed by atoms with Crippen LogP contribution < -0.4 is 5.73 Å². The third-order valence-electron chi connectivity index (χ3n) is 4.82. The zero-order chi connectivity index (χ0) is 13.4. The van der Waals surface area contributed by atoms with E-state index in [1.165, 1.54) is 36.1 Å². The first kappa shape index (κ1) is 13.1. The van der Waals surface area contributed by atoms with Crippen LogP contribution in [-0.4, -0.2) is 36.7 Å². The van der Waals surface area contributed by atoms with Crippen molar-refractivity contribution in [1.82, 2.24) is 4.90 Å². The molecule has 3 rings (SSSR count). The number of rotatable bonds is 2. The predicted molar refractivity (Wildman–Crippen MR) is 77.2 cm³/mol. The largest absolute Gasteiger partial charge is 0.373 e. The molecule has 0 aliphatic carbocycles. The maximum absolute atomic E-state index is 6.47. The third-order valence-corrected chi connectivity index (χ3v) is 4.82. The minimum absolute atomic E-state index is 0.0125. The van der Waals surface area contributed by atoms with Crippen LogP contribution >= 0.6 is 0 Å². The lowest BCUT2D eigenvalue weighted by atomic mass is 9.94. The first-order chi connectivity index (χ1) is 9.16. The van der Waals surface area contributed by atoms with Crippen LogP contribution in [0.5, 0.6) is 0 Å². The van der Waals surface area contributed by atoms with Crippen LogP contribution in [0, 0.1) is 13.8 Å².